The fourth-order valence-corrected chi connectivity index (χ4v) is 4.21. The molecule has 3 rings (SSSR count). The van der Waals surface area contributed by atoms with Crippen LogP contribution < -0.4 is 0 Å². The Kier molecular flexibility index (Phi) is 3.71. The van der Waals surface area contributed by atoms with Crippen LogP contribution in [0.3, 0.4) is 0 Å². The fraction of sp³-hybridized carbons (Fsp3) is 0.429. The molecule has 0 aliphatic carbocycles. The first-order chi connectivity index (χ1) is 8.77. The predicted molar refractivity (Wildman–Crippen MR) is 78.0 cm³/mol. The van der Waals surface area contributed by atoms with E-state index in [9.17, 15) is 5.11 Å². The average Bonchev–Trinajstić information content (AvgIpc) is 2.84. The zero-order valence-corrected chi connectivity index (χ0v) is 12.3. The quantitative estimate of drug-likeness (QED) is 0.899. The van der Waals surface area contributed by atoms with Crippen molar-refractivity contribution >= 4 is 37.4 Å². The molecule has 2 aromatic rings. The molecule has 96 valence electrons. The van der Waals surface area contributed by atoms with Crippen LogP contribution in [0.25, 0.3) is 10.1 Å². The van der Waals surface area contributed by atoms with E-state index in [1.807, 2.05) is 12.1 Å². The summed E-state index contributed by atoms with van der Waals surface area (Å²) in [6.07, 6.45) is 1.54. The molecule has 0 spiro atoms. The summed E-state index contributed by atoms with van der Waals surface area (Å²) in [5, 5.41) is 13.8. The summed E-state index contributed by atoms with van der Waals surface area (Å²) in [4.78, 5) is 0. The monoisotopic (exact) mass is 326 g/mol. The summed E-state index contributed by atoms with van der Waals surface area (Å²) in [7, 11) is 0. The number of hydrogen-bond acceptors (Lipinski definition) is 3. The number of rotatable bonds is 2. The van der Waals surface area contributed by atoms with Gasteiger partial charge in [0.15, 0.2) is 0 Å². The molecule has 2 nitrogen and oxygen atoms in total. The van der Waals surface area contributed by atoms with Gasteiger partial charge in [0.1, 0.15) is 0 Å². The van der Waals surface area contributed by atoms with Crippen molar-refractivity contribution in [1.29, 1.82) is 0 Å². The number of aliphatic hydroxyl groups is 1. The summed E-state index contributed by atoms with van der Waals surface area (Å²) in [5.74, 6) is 0.329. The lowest BCUT2D eigenvalue weighted by molar-refractivity contribution is 0.00785. The van der Waals surface area contributed by atoms with Crippen molar-refractivity contribution in [3.63, 3.8) is 0 Å². The highest BCUT2D eigenvalue weighted by Crippen LogP contribution is 2.39. The van der Waals surface area contributed by atoms with Crippen LogP contribution >= 0.6 is 27.3 Å². The van der Waals surface area contributed by atoms with E-state index >= 15 is 0 Å². The summed E-state index contributed by atoms with van der Waals surface area (Å²) in [6.45, 7) is 1.54. The molecular formula is C14H15BrO2S. The third-order valence-electron chi connectivity index (χ3n) is 3.61. The zero-order valence-electron chi connectivity index (χ0n) is 9.93. The molecule has 1 aliphatic heterocycles. The molecule has 2 heterocycles. The van der Waals surface area contributed by atoms with Crippen molar-refractivity contribution in [3.05, 3.63) is 33.6 Å². The van der Waals surface area contributed by atoms with Gasteiger partial charge < -0.3 is 9.84 Å². The number of hydrogen-bond donors (Lipinski definition) is 1. The predicted octanol–water partition coefficient (Wildman–Crippen LogP) is 4.12. The van der Waals surface area contributed by atoms with Crippen LogP contribution in [0, 0.1) is 5.92 Å². The summed E-state index contributed by atoms with van der Waals surface area (Å²) in [5.41, 5.74) is 1.07. The molecule has 0 bridgehead atoms. The van der Waals surface area contributed by atoms with E-state index in [2.05, 4.69) is 27.4 Å². The lowest BCUT2D eigenvalue weighted by atomic mass is 9.89. The first-order valence-corrected chi connectivity index (χ1v) is 7.86. The molecule has 1 aliphatic rings. The number of benzene rings is 1. The minimum atomic E-state index is -0.364. The summed E-state index contributed by atoms with van der Waals surface area (Å²) >= 11 is 5.26. The summed E-state index contributed by atoms with van der Waals surface area (Å²) < 4.78 is 7.69. The van der Waals surface area contributed by atoms with Gasteiger partial charge in [-0.05, 0) is 57.1 Å². The molecule has 0 amide bonds. The second-order valence-corrected chi connectivity index (χ2v) is 6.44. The van der Waals surface area contributed by atoms with Gasteiger partial charge in [-0.3, -0.25) is 0 Å². The second kappa shape index (κ2) is 5.29. The van der Waals surface area contributed by atoms with E-state index in [1.54, 1.807) is 11.3 Å². The van der Waals surface area contributed by atoms with Gasteiger partial charge in [0.25, 0.3) is 0 Å². The maximum Gasteiger partial charge on any atom is 0.0833 e. The maximum atomic E-state index is 10.6. The van der Waals surface area contributed by atoms with Gasteiger partial charge in [-0.15, -0.1) is 11.3 Å². The minimum Gasteiger partial charge on any atom is -0.388 e. The van der Waals surface area contributed by atoms with Crippen LogP contribution in [0.4, 0.5) is 0 Å². The van der Waals surface area contributed by atoms with E-state index in [0.29, 0.717) is 5.92 Å². The number of ether oxygens (including phenoxy) is 1. The lowest BCUT2D eigenvalue weighted by Crippen LogP contribution is -2.21. The molecule has 1 unspecified atom stereocenters. The Morgan fingerprint density at radius 3 is 2.89 bits per heavy atom. The molecule has 1 aromatic carbocycles. The van der Waals surface area contributed by atoms with Gasteiger partial charge in [0, 0.05) is 22.4 Å². The van der Waals surface area contributed by atoms with Crippen molar-refractivity contribution in [3.8, 4) is 0 Å². The topological polar surface area (TPSA) is 29.5 Å². The van der Waals surface area contributed by atoms with Crippen LogP contribution in [0.1, 0.15) is 24.5 Å². The Morgan fingerprint density at radius 1 is 1.33 bits per heavy atom. The van der Waals surface area contributed by atoms with E-state index in [0.717, 1.165) is 36.1 Å². The number of halogens is 1. The Labute approximate surface area is 119 Å². The highest BCUT2D eigenvalue weighted by Gasteiger charge is 2.25. The van der Waals surface area contributed by atoms with E-state index in [4.69, 9.17) is 4.74 Å². The molecule has 1 aromatic heterocycles. The Hall–Kier alpha value is -0.420. The molecule has 1 atom stereocenters. The fourth-order valence-electron chi connectivity index (χ4n) is 2.56. The second-order valence-electron chi connectivity index (χ2n) is 4.70. The number of aliphatic hydroxyl groups excluding tert-OH is 1. The Bertz CT molecular complexity index is 546. The van der Waals surface area contributed by atoms with E-state index in [1.165, 1.54) is 10.1 Å². The summed E-state index contributed by atoms with van der Waals surface area (Å²) in [6, 6.07) is 6.16. The molecule has 1 N–H and O–H groups in total. The number of fused-ring (bicyclic) bond motifs is 1. The third-order valence-corrected chi connectivity index (χ3v) is 5.58. The molecule has 4 heteroatoms. The Balaban J connectivity index is 1.96. The largest absolute Gasteiger partial charge is 0.388 e. The van der Waals surface area contributed by atoms with Crippen LogP contribution in [0.5, 0.6) is 0 Å². The van der Waals surface area contributed by atoms with Crippen LogP contribution in [0.2, 0.25) is 0 Å². The highest BCUT2D eigenvalue weighted by atomic mass is 79.9. The van der Waals surface area contributed by atoms with E-state index < -0.39 is 0 Å². The van der Waals surface area contributed by atoms with Gasteiger partial charge in [0.05, 0.1) is 6.10 Å². The smallest absolute Gasteiger partial charge is 0.0833 e. The molecule has 1 saturated heterocycles. The molecule has 18 heavy (non-hydrogen) atoms. The first kappa shape index (κ1) is 12.6. The van der Waals surface area contributed by atoms with Gasteiger partial charge in [-0.1, -0.05) is 12.1 Å². The minimum absolute atomic E-state index is 0.329. The van der Waals surface area contributed by atoms with Crippen molar-refractivity contribution in [2.24, 2.45) is 5.92 Å². The van der Waals surface area contributed by atoms with Crippen molar-refractivity contribution in [2.45, 2.75) is 18.9 Å². The van der Waals surface area contributed by atoms with Crippen LogP contribution in [-0.2, 0) is 4.74 Å². The standard InChI is InChI=1S/C14H15BrO2S/c15-12-3-1-2-10-11(8-18-14(10)12)13(16)9-4-6-17-7-5-9/h1-3,8-9,13,16H,4-7H2. The van der Waals surface area contributed by atoms with Gasteiger partial charge in [-0.2, -0.15) is 0 Å². The molecule has 1 fully saturated rings. The normalized spacial score (nSPS) is 19.2. The van der Waals surface area contributed by atoms with Gasteiger partial charge in [-0.25, -0.2) is 0 Å². The highest BCUT2D eigenvalue weighted by molar-refractivity contribution is 9.10. The van der Waals surface area contributed by atoms with E-state index in [-0.39, 0.29) is 6.10 Å². The first-order valence-electron chi connectivity index (χ1n) is 6.19. The van der Waals surface area contributed by atoms with Crippen LogP contribution in [-0.4, -0.2) is 18.3 Å². The Morgan fingerprint density at radius 2 is 2.11 bits per heavy atom. The van der Waals surface area contributed by atoms with Gasteiger partial charge in [0.2, 0.25) is 0 Å². The zero-order chi connectivity index (χ0) is 12.5. The lowest BCUT2D eigenvalue weighted by Gasteiger charge is -2.26. The SMILES string of the molecule is OC(c1csc2c(Br)cccc12)C1CCOCC1. The van der Waals surface area contributed by atoms with Crippen molar-refractivity contribution in [1.82, 2.24) is 0 Å². The van der Waals surface area contributed by atoms with Crippen molar-refractivity contribution < 1.29 is 9.84 Å². The average molecular weight is 327 g/mol. The number of thiophene rings is 1. The van der Waals surface area contributed by atoms with Crippen molar-refractivity contribution in [2.75, 3.05) is 13.2 Å². The molecular weight excluding hydrogens is 312 g/mol. The van der Waals surface area contributed by atoms with Crippen LogP contribution in [0.15, 0.2) is 28.1 Å². The third kappa shape index (κ3) is 2.23. The molecule has 0 radical (unpaired) electrons. The van der Waals surface area contributed by atoms with Gasteiger partial charge >= 0.3 is 0 Å². The maximum absolute atomic E-state index is 10.6. The molecule has 0 saturated carbocycles.